The highest BCUT2D eigenvalue weighted by atomic mass is 16.6. The van der Waals surface area contributed by atoms with Gasteiger partial charge in [-0.15, -0.1) is 0 Å². The molecule has 4 heteroatoms. The molecule has 0 rings (SSSR count). The number of hydrogen-bond donors (Lipinski definition) is 0. The second-order valence-electron chi connectivity index (χ2n) is 7.09. The van der Waals surface area contributed by atoms with E-state index in [1.807, 2.05) is 20.8 Å². The molecule has 0 heterocycles. The summed E-state index contributed by atoms with van der Waals surface area (Å²) in [7, 11) is 0. The minimum Gasteiger partial charge on any atom is -0.465 e. The molecule has 0 fully saturated rings. The average molecular weight is 314 g/mol. The van der Waals surface area contributed by atoms with Crippen molar-refractivity contribution in [1.82, 2.24) is 0 Å². The number of carbonyl (C=O) groups is 2. The van der Waals surface area contributed by atoms with Crippen LogP contribution in [0.1, 0.15) is 85.5 Å². The molecule has 0 unspecified atom stereocenters. The Morgan fingerprint density at radius 3 is 1.82 bits per heavy atom. The van der Waals surface area contributed by atoms with Gasteiger partial charge in [0.2, 0.25) is 0 Å². The molecular formula is C18H34O4. The van der Waals surface area contributed by atoms with Gasteiger partial charge in [0.15, 0.2) is 0 Å². The van der Waals surface area contributed by atoms with Crippen molar-refractivity contribution in [2.24, 2.45) is 5.41 Å². The van der Waals surface area contributed by atoms with Gasteiger partial charge in [-0.25, -0.2) is 0 Å². The summed E-state index contributed by atoms with van der Waals surface area (Å²) in [5, 5.41) is 0. The van der Waals surface area contributed by atoms with Crippen LogP contribution in [-0.2, 0) is 19.1 Å². The first-order valence-electron chi connectivity index (χ1n) is 8.66. The van der Waals surface area contributed by atoms with Gasteiger partial charge >= 0.3 is 11.9 Å². The number of ether oxygens (including phenoxy) is 2. The predicted molar refractivity (Wildman–Crippen MR) is 88.6 cm³/mol. The zero-order valence-corrected chi connectivity index (χ0v) is 14.9. The Morgan fingerprint density at radius 1 is 0.773 bits per heavy atom. The van der Waals surface area contributed by atoms with Crippen LogP contribution < -0.4 is 0 Å². The van der Waals surface area contributed by atoms with E-state index >= 15 is 0 Å². The first kappa shape index (κ1) is 20.9. The largest absolute Gasteiger partial charge is 0.465 e. The van der Waals surface area contributed by atoms with Crippen LogP contribution in [0.2, 0.25) is 0 Å². The van der Waals surface area contributed by atoms with E-state index in [2.05, 4.69) is 6.92 Å². The number of esters is 2. The van der Waals surface area contributed by atoms with E-state index in [9.17, 15) is 9.59 Å². The van der Waals surface area contributed by atoms with Crippen molar-refractivity contribution in [2.45, 2.75) is 85.5 Å². The van der Waals surface area contributed by atoms with E-state index in [1.54, 1.807) is 0 Å². The van der Waals surface area contributed by atoms with Crippen molar-refractivity contribution in [3.63, 3.8) is 0 Å². The topological polar surface area (TPSA) is 52.6 Å². The van der Waals surface area contributed by atoms with Gasteiger partial charge in [0.25, 0.3) is 0 Å². The molecule has 4 nitrogen and oxygen atoms in total. The SMILES string of the molecule is CCCCCCCCCCOC(=O)CC(=O)OCC(C)(C)C. The van der Waals surface area contributed by atoms with Crippen molar-refractivity contribution in [1.29, 1.82) is 0 Å². The Bertz CT molecular complexity index is 305. The minimum atomic E-state index is -0.504. The summed E-state index contributed by atoms with van der Waals surface area (Å²) in [4.78, 5) is 22.9. The molecular weight excluding hydrogens is 280 g/mol. The molecule has 0 aromatic carbocycles. The molecule has 0 aromatic heterocycles. The van der Waals surface area contributed by atoms with Crippen molar-refractivity contribution in [2.75, 3.05) is 13.2 Å². The molecule has 0 aromatic rings. The standard InChI is InChI=1S/C18H34O4/c1-5-6-7-8-9-10-11-12-13-21-16(19)14-17(20)22-15-18(2,3)4/h5-15H2,1-4H3. The Hall–Kier alpha value is -1.06. The third kappa shape index (κ3) is 15.3. The molecule has 22 heavy (non-hydrogen) atoms. The summed E-state index contributed by atoms with van der Waals surface area (Å²) in [5.41, 5.74) is -0.0866. The maximum absolute atomic E-state index is 11.5. The molecule has 0 aliphatic rings. The number of rotatable bonds is 12. The van der Waals surface area contributed by atoms with Crippen LogP contribution in [0.25, 0.3) is 0 Å². The fourth-order valence-corrected chi connectivity index (χ4v) is 1.94. The van der Waals surface area contributed by atoms with Gasteiger partial charge in [-0.3, -0.25) is 9.59 Å². The van der Waals surface area contributed by atoms with E-state index in [0.717, 1.165) is 12.8 Å². The molecule has 0 bridgehead atoms. The maximum atomic E-state index is 11.5. The highest BCUT2D eigenvalue weighted by Crippen LogP contribution is 2.13. The number of carbonyl (C=O) groups excluding carboxylic acids is 2. The summed E-state index contributed by atoms with van der Waals surface area (Å²) in [5.74, 6) is -0.988. The zero-order chi connectivity index (χ0) is 16.8. The van der Waals surface area contributed by atoms with E-state index in [1.165, 1.54) is 38.5 Å². The van der Waals surface area contributed by atoms with Crippen LogP contribution >= 0.6 is 0 Å². The van der Waals surface area contributed by atoms with Crippen LogP contribution in [0.15, 0.2) is 0 Å². The average Bonchev–Trinajstić information content (AvgIpc) is 2.42. The molecule has 0 aliphatic heterocycles. The van der Waals surface area contributed by atoms with Gasteiger partial charge in [0.1, 0.15) is 6.42 Å². The van der Waals surface area contributed by atoms with E-state index in [0.29, 0.717) is 13.2 Å². The number of unbranched alkanes of at least 4 members (excludes halogenated alkanes) is 7. The van der Waals surface area contributed by atoms with Crippen molar-refractivity contribution >= 4 is 11.9 Å². The molecule has 0 N–H and O–H groups in total. The van der Waals surface area contributed by atoms with Crippen LogP contribution in [0.4, 0.5) is 0 Å². The molecule has 0 saturated carbocycles. The molecule has 130 valence electrons. The van der Waals surface area contributed by atoms with Gasteiger partial charge in [-0.1, -0.05) is 72.6 Å². The summed E-state index contributed by atoms with van der Waals surface area (Å²) < 4.78 is 10.1. The highest BCUT2D eigenvalue weighted by molar-refractivity contribution is 5.91. The zero-order valence-electron chi connectivity index (χ0n) is 14.9. The van der Waals surface area contributed by atoms with Crippen LogP contribution in [0, 0.1) is 5.41 Å². The molecule has 0 aliphatic carbocycles. The van der Waals surface area contributed by atoms with Crippen LogP contribution in [-0.4, -0.2) is 25.2 Å². The summed E-state index contributed by atoms with van der Waals surface area (Å²) in [6, 6.07) is 0. The monoisotopic (exact) mass is 314 g/mol. The lowest BCUT2D eigenvalue weighted by atomic mass is 9.99. The van der Waals surface area contributed by atoms with Crippen molar-refractivity contribution in [3.8, 4) is 0 Å². The lowest BCUT2D eigenvalue weighted by Crippen LogP contribution is -2.21. The van der Waals surface area contributed by atoms with Gasteiger partial charge in [-0.2, -0.15) is 0 Å². The molecule has 0 saturated heterocycles. The van der Waals surface area contributed by atoms with Gasteiger partial charge in [0, 0.05) is 0 Å². The van der Waals surface area contributed by atoms with Crippen molar-refractivity contribution in [3.05, 3.63) is 0 Å². The smallest absolute Gasteiger partial charge is 0.317 e. The van der Waals surface area contributed by atoms with E-state index < -0.39 is 11.9 Å². The van der Waals surface area contributed by atoms with Crippen molar-refractivity contribution < 1.29 is 19.1 Å². The quantitative estimate of drug-likeness (QED) is 0.299. The molecule has 0 atom stereocenters. The first-order chi connectivity index (χ1) is 10.3. The Balaban J connectivity index is 3.44. The lowest BCUT2D eigenvalue weighted by Gasteiger charge is -2.17. The Kier molecular flexibility index (Phi) is 11.9. The number of hydrogen-bond acceptors (Lipinski definition) is 4. The van der Waals surface area contributed by atoms with Crippen LogP contribution in [0.3, 0.4) is 0 Å². The normalized spacial score (nSPS) is 11.3. The Labute approximate surface area is 135 Å². The third-order valence-corrected chi connectivity index (χ3v) is 3.22. The van der Waals surface area contributed by atoms with E-state index in [4.69, 9.17) is 9.47 Å². The summed E-state index contributed by atoms with van der Waals surface area (Å²) in [6.45, 7) is 8.85. The van der Waals surface area contributed by atoms with Crippen LogP contribution in [0.5, 0.6) is 0 Å². The molecule has 0 spiro atoms. The molecule has 0 amide bonds. The predicted octanol–water partition coefficient (Wildman–Crippen LogP) is 4.65. The van der Waals surface area contributed by atoms with Gasteiger partial charge in [-0.05, 0) is 11.8 Å². The van der Waals surface area contributed by atoms with Gasteiger partial charge in [0.05, 0.1) is 13.2 Å². The fourth-order valence-electron chi connectivity index (χ4n) is 1.94. The van der Waals surface area contributed by atoms with Gasteiger partial charge < -0.3 is 9.47 Å². The minimum absolute atomic E-state index is 0.0866. The maximum Gasteiger partial charge on any atom is 0.317 e. The molecule has 0 radical (unpaired) electrons. The summed E-state index contributed by atoms with van der Waals surface area (Å²) >= 11 is 0. The fraction of sp³-hybridized carbons (Fsp3) is 0.889. The second-order valence-corrected chi connectivity index (χ2v) is 7.09. The highest BCUT2D eigenvalue weighted by Gasteiger charge is 2.16. The van der Waals surface area contributed by atoms with E-state index in [-0.39, 0.29) is 11.8 Å². The Morgan fingerprint density at radius 2 is 1.27 bits per heavy atom. The lowest BCUT2D eigenvalue weighted by molar-refractivity contribution is -0.156. The second kappa shape index (κ2) is 12.5. The first-order valence-corrected chi connectivity index (χ1v) is 8.66. The third-order valence-electron chi connectivity index (χ3n) is 3.22. The summed E-state index contributed by atoms with van der Waals surface area (Å²) in [6.07, 6.45) is 9.33.